The third-order valence-electron chi connectivity index (χ3n) is 4.90. The summed E-state index contributed by atoms with van der Waals surface area (Å²) in [6.07, 6.45) is 7.90. The molecule has 0 saturated heterocycles. The molecule has 0 saturated carbocycles. The van der Waals surface area contributed by atoms with Crippen LogP contribution in [0.1, 0.15) is 37.8 Å². The summed E-state index contributed by atoms with van der Waals surface area (Å²) in [5, 5.41) is 1.64. The van der Waals surface area contributed by atoms with Gasteiger partial charge in [0, 0.05) is 5.39 Å². The Kier molecular flexibility index (Phi) is 6.80. The van der Waals surface area contributed by atoms with E-state index in [-0.39, 0.29) is 0 Å². The van der Waals surface area contributed by atoms with Gasteiger partial charge < -0.3 is 4.74 Å². The lowest BCUT2D eigenvalue weighted by molar-refractivity contribution is -0.0493. The predicted molar refractivity (Wildman–Crippen MR) is 113 cm³/mol. The summed E-state index contributed by atoms with van der Waals surface area (Å²) in [7, 11) is 0. The molecule has 0 aromatic heterocycles. The van der Waals surface area contributed by atoms with Crippen molar-refractivity contribution >= 4 is 10.8 Å². The van der Waals surface area contributed by atoms with Crippen molar-refractivity contribution in [3.05, 3.63) is 77.9 Å². The first-order chi connectivity index (χ1) is 13.6. The van der Waals surface area contributed by atoms with E-state index in [4.69, 9.17) is 4.74 Å². The van der Waals surface area contributed by atoms with Crippen molar-refractivity contribution in [3.63, 3.8) is 0 Å². The first-order valence-electron chi connectivity index (χ1n) is 9.83. The minimum Gasteiger partial charge on any atom is -0.434 e. The minimum absolute atomic E-state index is 0.306. The van der Waals surface area contributed by atoms with Crippen LogP contribution in [0, 0.1) is 0 Å². The number of hydrogen-bond acceptors (Lipinski definition) is 1. The van der Waals surface area contributed by atoms with E-state index < -0.39 is 6.61 Å². The van der Waals surface area contributed by atoms with Gasteiger partial charge in [0.1, 0.15) is 5.75 Å². The second kappa shape index (κ2) is 9.50. The molecule has 0 aliphatic rings. The molecule has 0 radical (unpaired) electrons. The van der Waals surface area contributed by atoms with Gasteiger partial charge in [0.25, 0.3) is 0 Å². The van der Waals surface area contributed by atoms with Gasteiger partial charge in [-0.3, -0.25) is 0 Å². The van der Waals surface area contributed by atoms with Crippen molar-refractivity contribution < 1.29 is 13.5 Å². The Hall–Kier alpha value is -2.68. The molecule has 0 aliphatic heterocycles. The average Bonchev–Trinajstić information content (AvgIpc) is 2.70. The Bertz CT molecular complexity index is 943. The lowest BCUT2D eigenvalue weighted by Crippen LogP contribution is -2.05. The highest BCUT2D eigenvalue weighted by Gasteiger charge is 2.14. The number of alkyl halides is 2. The van der Waals surface area contributed by atoms with Crippen molar-refractivity contribution in [3.8, 4) is 16.9 Å². The lowest BCUT2D eigenvalue weighted by Gasteiger charge is -2.14. The molecule has 1 nitrogen and oxygen atoms in total. The zero-order valence-corrected chi connectivity index (χ0v) is 16.4. The number of hydrogen-bond donors (Lipinski definition) is 0. The van der Waals surface area contributed by atoms with Crippen LogP contribution in [0.15, 0.2) is 66.7 Å². The van der Waals surface area contributed by atoms with E-state index in [2.05, 4.69) is 36.4 Å². The van der Waals surface area contributed by atoms with Crippen molar-refractivity contribution in [2.75, 3.05) is 0 Å². The molecular formula is C25H26F2O. The summed E-state index contributed by atoms with van der Waals surface area (Å²) >= 11 is 0. The first kappa shape index (κ1) is 20.1. The molecule has 0 atom stereocenters. The van der Waals surface area contributed by atoms with E-state index >= 15 is 0 Å². The summed E-state index contributed by atoms with van der Waals surface area (Å²) < 4.78 is 30.8. The molecule has 3 aromatic carbocycles. The fourth-order valence-corrected chi connectivity index (χ4v) is 3.50. The SMILES string of the molecule is C/C=C/CCc1ccc(-c2ccc3c(OC(F)F)c(CCC)ccc3c2)cc1. The van der Waals surface area contributed by atoms with Crippen LogP contribution in [0.25, 0.3) is 21.9 Å². The topological polar surface area (TPSA) is 9.23 Å². The van der Waals surface area contributed by atoms with E-state index in [1.54, 1.807) is 0 Å². The summed E-state index contributed by atoms with van der Waals surface area (Å²) in [6, 6.07) is 18.3. The first-order valence-corrected chi connectivity index (χ1v) is 9.83. The Morgan fingerprint density at radius 2 is 1.68 bits per heavy atom. The molecule has 0 heterocycles. The van der Waals surface area contributed by atoms with Crippen LogP contribution in [-0.4, -0.2) is 6.61 Å². The summed E-state index contributed by atoms with van der Waals surface area (Å²) in [5.41, 5.74) is 4.32. The van der Waals surface area contributed by atoms with Crippen LogP contribution in [0.5, 0.6) is 5.75 Å². The van der Waals surface area contributed by atoms with Gasteiger partial charge in [0.2, 0.25) is 0 Å². The molecule has 3 aromatic rings. The number of fused-ring (bicyclic) bond motifs is 1. The van der Waals surface area contributed by atoms with Gasteiger partial charge in [-0.05, 0) is 59.9 Å². The molecule has 0 amide bonds. The van der Waals surface area contributed by atoms with Crippen molar-refractivity contribution in [2.45, 2.75) is 46.1 Å². The van der Waals surface area contributed by atoms with Crippen LogP contribution < -0.4 is 4.74 Å². The van der Waals surface area contributed by atoms with Gasteiger partial charge in [-0.15, -0.1) is 0 Å². The maximum atomic E-state index is 12.9. The van der Waals surface area contributed by atoms with Gasteiger partial charge in [-0.1, -0.05) is 74.0 Å². The average molecular weight is 380 g/mol. The molecule has 0 unspecified atom stereocenters. The molecule has 146 valence electrons. The molecule has 0 fully saturated rings. The second-order valence-electron chi connectivity index (χ2n) is 6.92. The van der Waals surface area contributed by atoms with Crippen molar-refractivity contribution in [2.24, 2.45) is 0 Å². The predicted octanol–water partition coefficient (Wildman–Crippen LogP) is 7.57. The van der Waals surface area contributed by atoms with Gasteiger partial charge in [0.05, 0.1) is 0 Å². The minimum atomic E-state index is -2.82. The molecule has 28 heavy (non-hydrogen) atoms. The quantitative estimate of drug-likeness (QED) is 0.366. The maximum Gasteiger partial charge on any atom is 0.387 e. The Morgan fingerprint density at radius 1 is 0.929 bits per heavy atom. The van der Waals surface area contributed by atoms with E-state index in [9.17, 15) is 8.78 Å². The second-order valence-corrected chi connectivity index (χ2v) is 6.92. The van der Waals surface area contributed by atoms with Crippen molar-refractivity contribution in [1.29, 1.82) is 0 Å². The number of halogens is 2. The van der Waals surface area contributed by atoms with Crippen LogP contribution in [0.3, 0.4) is 0 Å². The van der Waals surface area contributed by atoms with Crippen LogP contribution in [0.4, 0.5) is 8.78 Å². The van der Waals surface area contributed by atoms with Gasteiger partial charge in [0.15, 0.2) is 0 Å². The largest absolute Gasteiger partial charge is 0.434 e. The summed E-state index contributed by atoms with van der Waals surface area (Å²) in [6.45, 7) is 1.24. The molecule has 0 spiro atoms. The van der Waals surface area contributed by atoms with Crippen LogP contribution in [-0.2, 0) is 12.8 Å². The Balaban J connectivity index is 1.92. The fraction of sp³-hybridized carbons (Fsp3) is 0.280. The zero-order chi connectivity index (χ0) is 19.9. The lowest BCUT2D eigenvalue weighted by atomic mass is 9.97. The fourth-order valence-electron chi connectivity index (χ4n) is 3.50. The van der Waals surface area contributed by atoms with Crippen molar-refractivity contribution in [1.82, 2.24) is 0 Å². The standard InChI is InChI=1S/C25H26F2O/c1-3-5-6-8-18-9-11-19(12-10-18)21-15-16-23-22(17-21)14-13-20(7-4-2)24(23)28-25(26)27/h3,5,9-17,25H,4,6-8H2,1-2H3/b5-3+. The van der Waals surface area contributed by atoms with Gasteiger partial charge in [-0.2, -0.15) is 8.78 Å². The van der Waals surface area contributed by atoms with E-state index in [1.165, 1.54) is 5.56 Å². The van der Waals surface area contributed by atoms with E-state index in [0.29, 0.717) is 12.2 Å². The van der Waals surface area contributed by atoms with E-state index in [1.807, 2.05) is 44.2 Å². The number of aryl methyl sites for hydroxylation is 2. The maximum absolute atomic E-state index is 12.9. The van der Waals surface area contributed by atoms with Crippen LogP contribution >= 0.6 is 0 Å². The number of allylic oxidation sites excluding steroid dienone is 2. The highest BCUT2D eigenvalue weighted by molar-refractivity contribution is 5.93. The molecule has 0 N–H and O–H groups in total. The Morgan fingerprint density at radius 3 is 2.36 bits per heavy atom. The highest BCUT2D eigenvalue weighted by atomic mass is 19.3. The zero-order valence-electron chi connectivity index (χ0n) is 16.4. The molecule has 0 aliphatic carbocycles. The smallest absolute Gasteiger partial charge is 0.387 e. The van der Waals surface area contributed by atoms with E-state index in [0.717, 1.165) is 46.7 Å². The van der Waals surface area contributed by atoms with Gasteiger partial charge >= 0.3 is 6.61 Å². The monoisotopic (exact) mass is 380 g/mol. The summed E-state index contributed by atoms with van der Waals surface area (Å²) in [5.74, 6) is 0.306. The number of benzene rings is 3. The third-order valence-corrected chi connectivity index (χ3v) is 4.90. The summed E-state index contributed by atoms with van der Waals surface area (Å²) in [4.78, 5) is 0. The van der Waals surface area contributed by atoms with Gasteiger partial charge in [-0.25, -0.2) is 0 Å². The Labute approximate surface area is 165 Å². The van der Waals surface area contributed by atoms with Crippen LogP contribution in [0.2, 0.25) is 0 Å². The normalized spacial score (nSPS) is 11.6. The highest BCUT2D eigenvalue weighted by Crippen LogP contribution is 2.34. The number of ether oxygens (including phenoxy) is 1. The molecule has 0 bridgehead atoms. The molecule has 3 rings (SSSR count). The number of rotatable bonds is 8. The molecular weight excluding hydrogens is 354 g/mol. The molecule has 3 heteroatoms. The third kappa shape index (κ3) is 4.78.